The fourth-order valence-corrected chi connectivity index (χ4v) is 3.90. The van der Waals surface area contributed by atoms with E-state index in [1.165, 1.54) is 18.5 Å². The van der Waals surface area contributed by atoms with Crippen LogP contribution in [-0.2, 0) is 4.74 Å². The van der Waals surface area contributed by atoms with E-state index in [2.05, 4.69) is 28.9 Å². The zero-order chi connectivity index (χ0) is 21.1. The van der Waals surface area contributed by atoms with Crippen LogP contribution in [0.4, 0.5) is 5.69 Å². The summed E-state index contributed by atoms with van der Waals surface area (Å²) in [4.78, 5) is 22.8. The predicted molar refractivity (Wildman–Crippen MR) is 121 cm³/mol. The third kappa shape index (κ3) is 4.36. The van der Waals surface area contributed by atoms with Crippen molar-refractivity contribution in [1.29, 1.82) is 0 Å². The molecule has 5 nitrogen and oxygen atoms in total. The number of hydrogen-bond donors (Lipinski definition) is 1. The van der Waals surface area contributed by atoms with Gasteiger partial charge < -0.3 is 14.6 Å². The molecule has 0 atom stereocenters. The maximum Gasteiger partial charge on any atom is 0.357 e. The maximum absolute atomic E-state index is 12.5. The zero-order valence-electron chi connectivity index (χ0n) is 17.3. The summed E-state index contributed by atoms with van der Waals surface area (Å²) in [6.07, 6.45) is 2.46. The second kappa shape index (κ2) is 8.92. The Labute approximate surface area is 182 Å². The number of nitrogens with zero attached hydrogens (tertiary/aromatic N) is 2. The predicted octanol–water partition coefficient (Wildman–Crippen LogP) is 5.81. The monoisotopic (exact) mass is 423 g/mol. The Hall–Kier alpha value is -2.79. The molecule has 2 aromatic carbocycles. The lowest BCUT2D eigenvalue weighted by Gasteiger charge is -2.32. The first-order valence-corrected chi connectivity index (χ1v) is 10.8. The maximum atomic E-state index is 12.5. The van der Waals surface area contributed by atoms with E-state index in [1.807, 2.05) is 24.3 Å². The highest BCUT2D eigenvalue weighted by molar-refractivity contribution is 6.30. The number of aromatic amines is 1. The second-order valence-corrected chi connectivity index (χ2v) is 8.19. The van der Waals surface area contributed by atoms with Crippen LogP contribution in [0.5, 0.6) is 0 Å². The molecule has 1 aromatic heterocycles. The first kappa shape index (κ1) is 20.5. The van der Waals surface area contributed by atoms with Crippen LogP contribution in [0.3, 0.4) is 0 Å². The Bertz CT molecular complexity index is 1000. The number of carbonyl (C=O) groups is 1. The number of piperidine rings is 1. The number of H-pyrrole nitrogens is 1. The van der Waals surface area contributed by atoms with Gasteiger partial charge in [0, 0.05) is 34.9 Å². The molecule has 6 heteroatoms. The van der Waals surface area contributed by atoms with E-state index in [0.29, 0.717) is 28.8 Å². The van der Waals surface area contributed by atoms with Gasteiger partial charge in [-0.3, -0.25) is 0 Å². The number of halogens is 1. The fourth-order valence-electron chi connectivity index (χ4n) is 3.77. The fraction of sp³-hybridized carbons (Fsp3) is 0.333. The summed E-state index contributed by atoms with van der Waals surface area (Å²) in [5, 5.41) is 0.634. The lowest BCUT2D eigenvalue weighted by molar-refractivity contribution is 0.0521. The number of nitrogens with one attached hydrogen (secondary N) is 1. The van der Waals surface area contributed by atoms with E-state index in [-0.39, 0.29) is 0 Å². The molecular weight excluding hydrogens is 398 g/mol. The number of carbonyl (C=O) groups excluding carboxylic acids is 1. The quantitative estimate of drug-likeness (QED) is 0.526. The molecule has 0 amide bonds. The van der Waals surface area contributed by atoms with Crippen LogP contribution in [0.15, 0.2) is 48.5 Å². The van der Waals surface area contributed by atoms with Crippen LogP contribution in [-0.4, -0.2) is 35.6 Å². The molecule has 1 aliphatic heterocycles. The van der Waals surface area contributed by atoms with Gasteiger partial charge in [-0.15, -0.1) is 0 Å². The molecule has 30 heavy (non-hydrogen) atoms. The number of imidazole rings is 1. The van der Waals surface area contributed by atoms with Gasteiger partial charge in [-0.1, -0.05) is 30.7 Å². The third-order valence-corrected chi connectivity index (χ3v) is 5.84. The highest BCUT2D eigenvalue weighted by Crippen LogP contribution is 2.30. The lowest BCUT2D eigenvalue weighted by Crippen LogP contribution is -2.32. The third-order valence-electron chi connectivity index (χ3n) is 5.59. The van der Waals surface area contributed by atoms with E-state index >= 15 is 0 Å². The number of rotatable bonds is 5. The topological polar surface area (TPSA) is 58.2 Å². The molecule has 0 unspecified atom stereocenters. The molecule has 4 rings (SSSR count). The zero-order valence-corrected chi connectivity index (χ0v) is 18.1. The molecule has 0 bridgehead atoms. The molecule has 0 saturated carbocycles. The van der Waals surface area contributed by atoms with Crippen molar-refractivity contribution in [2.75, 3.05) is 24.6 Å². The van der Waals surface area contributed by atoms with Crippen molar-refractivity contribution >= 4 is 23.3 Å². The molecule has 1 saturated heterocycles. The van der Waals surface area contributed by atoms with Crippen molar-refractivity contribution in [3.8, 4) is 22.6 Å². The van der Waals surface area contributed by atoms with Crippen molar-refractivity contribution in [2.24, 2.45) is 5.92 Å². The van der Waals surface area contributed by atoms with Gasteiger partial charge in [0.25, 0.3) is 0 Å². The largest absolute Gasteiger partial charge is 0.461 e. The number of aromatic nitrogens is 2. The molecule has 2 heterocycles. The van der Waals surface area contributed by atoms with Crippen LogP contribution in [0, 0.1) is 5.92 Å². The minimum atomic E-state index is -0.416. The van der Waals surface area contributed by atoms with E-state index in [1.54, 1.807) is 19.1 Å². The number of esters is 1. The standard InChI is InChI=1S/C24H26ClN3O2/c1-3-30-24(29)22-21(17-4-8-19(25)9-5-17)26-23(27-22)18-6-10-20(11-7-18)28-14-12-16(2)13-15-28/h4-11,16H,3,12-15H2,1-2H3,(H,26,27). The first-order chi connectivity index (χ1) is 14.5. The average molecular weight is 424 g/mol. The molecular formula is C24H26ClN3O2. The van der Waals surface area contributed by atoms with Crippen molar-refractivity contribution in [3.63, 3.8) is 0 Å². The highest BCUT2D eigenvalue weighted by Gasteiger charge is 2.21. The molecule has 1 N–H and O–H groups in total. The van der Waals surface area contributed by atoms with Gasteiger partial charge in [0.05, 0.1) is 6.61 Å². The molecule has 0 radical (unpaired) electrons. The molecule has 156 valence electrons. The summed E-state index contributed by atoms with van der Waals surface area (Å²) in [7, 11) is 0. The number of ether oxygens (including phenoxy) is 1. The SMILES string of the molecule is CCOC(=O)c1[nH]c(-c2ccc(N3CCC(C)CC3)cc2)nc1-c1ccc(Cl)cc1. The van der Waals surface area contributed by atoms with Gasteiger partial charge in [0.15, 0.2) is 5.69 Å². The molecule has 3 aromatic rings. The summed E-state index contributed by atoms with van der Waals surface area (Å²) in [5.41, 5.74) is 3.87. The Morgan fingerprint density at radius 3 is 2.37 bits per heavy atom. The first-order valence-electron chi connectivity index (χ1n) is 10.4. The molecule has 1 aliphatic rings. The Kier molecular flexibility index (Phi) is 6.09. The van der Waals surface area contributed by atoms with Crippen LogP contribution < -0.4 is 4.90 Å². The summed E-state index contributed by atoms with van der Waals surface area (Å²) in [5.74, 6) is 1.03. The minimum absolute atomic E-state index is 0.302. The van der Waals surface area contributed by atoms with Crippen LogP contribution in [0.2, 0.25) is 5.02 Å². The highest BCUT2D eigenvalue weighted by atomic mass is 35.5. The summed E-state index contributed by atoms with van der Waals surface area (Å²) >= 11 is 6.02. The van der Waals surface area contributed by atoms with Crippen LogP contribution in [0.25, 0.3) is 22.6 Å². The Morgan fingerprint density at radius 1 is 1.10 bits per heavy atom. The summed E-state index contributed by atoms with van der Waals surface area (Å²) < 4.78 is 5.23. The van der Waals surface area contributed by atoms with E-state index in [9.17, 15) is 4.79 Å². The summed E-state index contributed by atoms with van der Waals surface area (Å²) in [6.45, 7) is 6.59. The number of benzene rings is 2. The molecule has 1 fully saturated rings. The van der Waals surface area contributed by atoms with Crippen molar-refractivity contribution < 1.29 is 9.53 Å². The van der Waals surface area contributed by atoms with Crippen molar-refractivity contribution in [3.05, 3.63) is 59.2 Å². The van der Waals surface area contributed by atoms with Crippen LogP contribution >= 0.6 is 11.6 Å². The van der Waals surface area contributed by atoms with Gasteiger partial charge in [-0.2, -0.15) is 0 Å². The van der Waals surface area contributed by atoms with Gasteiger partial charge in [0.1, 0.15) is 11.5 Å². The lowest BCUT2D eigenvalue weighted by atomic mass is 9.98. The van der Waals surface area contributed by atoms with Crippen LogP contribution in [0.1, 0.15) is 37.2 Å². The molecule has 0 aliphatic carbocycles. The van der Waals surface area contributed by atoms with Gasteiger partial charge in [-0.05, 0) is 62.1 Å². The van der Waals surface area contributed by atoms with E-state index in [0.717, 1.165) is 30.1 Å². The number of anilines is 1. The normalized spacial score (nSPS) is 14.7. The average Bonchev–Trinajstić information content (AvgIpc) is 3.21. The van der Waals surface area contributed by atoms with Gasteiger partial charge >= 0.3 is 5.97 Å². The number of hydrogen-bond acceptors (Lipinski definition) is 4. The minimum Gasteiger partial charge on any atom is -0.461 e. The van der Waals surface area contributed by atoms with E-state index in [4.69, 9.17) is 21.3 Å². The van der Waals surface area contributed by atoms with E-state index < -0.39 is 5.97 Å². The second-order valence-electron chi connectivity index (χ2n) is 7.75. The van der Waals surface area contributed by atoms with Crippen molar-refractivity contribution in [2.45, 2.75) is 26.7 Å². The summed E-state index contributed by atoms with van der Waals surface area (Å²) in [6, 6.07) is 15.6. The van der Waals surface area contributed by atoms with Gasteiger partial charge in [0.2, 0.25) is 0 Å². The Morgan fingerprint density at radius 2 is 1.73 bits per heavy atom. The smallest absolute Gasteiger partial charge is 0.357 e. The molecule has 0 spiro atoms. The Balaban J connectivity index is 1.64. The van der Waals surface area contributed by atoms with Crippen molar-refractivity contribution in [1.82, 2.24) is 9.97 Å². The van der Waals surface area contributed by atoms with Gasteiger partial charge in [-0.25, -0.2) is 9.78 Å².